The molecule has 0 saturated carbocycles. The van der Waals surface area contributed by atoms with Crippen molar-refractivity contribution in [2.75, 3.05) is 20.2 Å². The largest absolute Gasteiger partial charge is 0.490 e. The fraction of sp³-hybridized carbons (Fsp3) is 0.500. The van der Waals surface area contributed by atoms with Crippen LogP contribution in [0.1, 0.15) is 6.42 Å². The third kappa shape index (κ3) is 2.01. The summed E-state index contributed by atoms with van der Waals surface area (Å²) < 4.78 is 17.9. The summed E-state index contributed by atoms with van der Waals surface area (Å²) in [5, 5.41) is 0. The molecule has 1 aliphatic heterocycles. The van der Waals surface area contributed by atoms with Gasteiger partial charge in [0.15, 0.2) is 0 Å². The first-order valence-corrected chi connectivity index (χ1v) is 4.70. The zero-order chi connectivity index (χ0) is 9.97. The van der Waals surface area contributed by atoms with Crippen LogP contribution < -0.4 is 4.74 Å². The molecule has 0 unspecified atom stereocenters. The molecule has 0 aromatic carbocycles. The highest BCUT2D eigenvalue weighted by atomic mass is 19.1. The molecule has 1 atom stereocenters. The Kier molecular flexibility index (Phi) is 2.63. The van der Waals surface area contributed by atoms with Gasteiger partial charge in [0, 0.05) is 6.04 Å². The molecule has 76 valence electrons. The molecular formula is C10H13FN2O. The van der Waals surface area contributed by atoms with E-state index in [1.807, 2.05) is 0 Å². The van der Waals surface area contributed by atoms with Gasteiger partial charge < -0.3 is 4.74 Å². The second kappa shape index (κ2) is 3.92. The van der Waals surface area contributed by atoms with Crippen LogP contribution in [0.15, 0.2) is 18.3 Å². The summed E-state index contributed by atoms with van der Waals surface area (Å²) in [5.74, 6) is 0.157. The van der Waals surface area contributed by atoms with Crippen molar-refractivity contribution < 1.29 is 9.13 Å². The van der Waals surface area contributed by atoms with Crippen LogP contribution in [0.4, 0.5) is 4.39 Å². The Bertz CT molecular complexity index is 301. The van der Waals surface area contributed by atoms with Gasteiger partial charge in [0.1, 0.15) is 12.4 Å². The Labute approximate surface area is 82.5 Å². The van der Waals surface area contributed by atoms with E-state index in [1.165, 1.54) is 18.7 Å². The fourth-order valence-corrected chi connectivity index (χ4v) is 1.42. The van der Waals surface area contributed by atoms with Crippen LogP contribution in [0.3, 0.4) is 0 Å². The molecule has 0 bridgehead atoms. The number of likely N-dealkylation sites (N-methyl/N-ethyl adjacent to an activating group) is 1. The van der Waals surface area contributed by atoms with E-state index < -0.39 is 5.95 Å². The summed E-state index contributed by atoms with van der Waals surface area (Å²) in [5.41, 5.74) is 0. The third-order valence-electron chi connectivity index (χ3n) is 2.58. The number of hydrogen-bond donors (Lipinski definition) is 0. The average Bonchev–Trinajstić information content (AvgIpc) is 2.19. The first kappa shape index (κ1) is 9.40. The van der Waals surface area contributed by atoms with Crippen molar-refractivity contribution in [1.29, 1.82) is 0 Å². The van der Waals surface area contributed by atoms with Gasteiger partial charge in [-0.15, -0.1) is 0 Å². The lowest BCUT2D eigenvalue weighted by Crippen LogP contribution is -2.48. The molecule has 1 saturated heterocycles. The van der Waals surface area contributed by atoms with Crippen molar-refractivity contribution >= 4 is 0 Å². The number of nitrogens with zero attached hydrogens (tertiary/aromatic N) is 2. The van der Waals surface area contributed by atoms with E-state index in [0.29, 0.717) is 18.4 Å². The number of pyridine rings is 1. The highest BCUT2D eigenvalue weighted by Gasteiger charge is 2.24. The Balaban J connectivity index is 1.83. The molecule has 0 radical (unpaired) electrons. The predicted octanol–water partition coefficient (Wildman–Crippen LogP) is 1.30. The predicted molar refractivity (Wildman–Crippen MR) is 50.7 cm³/mol. The minimum atomic E-state index is -0.474. The number of hydrogen-bond acceptors (Lipinski definition) is 3. The zero-order valence-corrected chi connectivity index (χ0v) is 8.11. The summed E-state index contributed by atoms with van der Waals surface area (Å²) in [7, 11) is 2.07. The van der Waals surface area contributed by atoms with Crippen molar-refractivity contribution in [2.45, 2.75) is 12.5 Å². The highest BCUT2D eigenvalue weighted by molar-refractivity contribution is 5.16. The van der Waals surface area contributed by atoms with Crippen molar-refractivity contribution in [2.24, 2.45) is 0 Å². The Morgan fingerprint density at radius 3 is 3.00 bits per heavy atom. The van der Waals surface area contributed by atoms with Crippen molar-refractivity contribution in [1.82, 2.24) is 9.88 Å². The van der Waals surface area contributed by atoms with Crippen molar-refractivity contribution in [3.8, 4) is 5.75 Å². The number of rotatable bonds is 3. The van der Waals surface area contributed by atoms with Gasteiger partial charge in [-0.2, -0.15) is 4.39 Å². The van der Waals surface area contributed by atoms with E-state index in [9.17, 15) is 4.39 Å². The maximum Gasteiger partial charge on any atom is 0.213 e. The molecule has 0 spiro atoms. The molecule has 1 fully saturated rings. The van der Waals surface area contributed by atoms with Crippen LogP contribution in [0.2, 0.25) is 0 Å². The summed E-state index contributed by atoms with van der Waals surface area (Å²) >= 11 is 0. The molecule has 1 aromatic rings. The minimum Gasteiger partial charge on any atom is -0.490 e. The normalized spacial score (nSPS) is 21.7. The minimum absolute atomic E-state index is 0.474. The highest BCUT2D eigenvalue weighted by Crippen LogP contribution is 2.16. The first-order chi connectivity index (χ1) is 6.75. The molecule has 14 heavy (non-hydrogen) atoms. The molecule has 0 aliphatic carbocycles. The van der Waals surface area contributed by atoms with Crippen molar-refractivity contribution in [3.05, 3.63) is 24.3 Å². The lowest BCUT2D eigenvalue weighted by Gasteiger charge is -2.37. The molecule has 4 heteroatoms. The summed E-state index contributed by atoms with van der Waals surface area (Å²) in [4.78, 5) is 5.75. The molecule has 1 aromatic heterocycles. The average molecular weight is 196 g/mol. The molecule has 0 amide bonds. The number of likely N-dealkylation sites (tertiary alicyclic amines) is 1. The number of aromatic nitrogens is 1. The van der Waals surface area contributed by atoms with E-state index >= 15 is 0 Å². The SMILES string of the molecule is CN1CC[C@@H]1COc1ccc(F)nc1. The van der Waals surface area contributed by atoms with E-state index in [4.69, 9.17) is 4.74 Å². The zero-order valence-electron chi connectivity index (χ0n) is 8.11. The van der Waals surface area contributed by atoms with E-state index in [2.05, 4.69) is 16.9 Å². The van der Waals surface area contributed by atoms with Gasteiger partial charge in [0.05, 0.1) is 6.20 Å². The first-order valence-electron chi connectivity index (χ1n) is 4.70. The number of ether oxygens (including phenoxy) is 1. The Morgan fingerprint density at radius 1 is 1.64 bits per heavy atom. The van der Waals surface area contributed by atoms with E-state index in [1.54, 1.807) is 6.07 Å². The topological polar surface area (TPSA) is 25.4 Å². The third-order valence-corrected chi connectivity index (χ3v) is 2.58. The van der Waals surface area contributed by atoms with Crippen molar-refractivity contribution in [3.63, 3.8) is 0 Å². The van der Waals surface area contributed by atoms with Crippen LogP contribution in [0.5, 0.6) is 5.75 Å². The summed E-state index contributed by atoms with van der Waals surface area (Å²) in [6.45, 7) is 1.79. The fourth-order valence-electron chi connectivity index (χ4n) is 1.42. The second-order valence-corrected chi connectivity index (χ2v) is 3.55. The smallest absolute Gasteiger partial charge is 0.213 e. The van der Waals surface area contributed by atoms with Gasteiger partial charge in [-0.3, -0.25) is 4.90 Å². The Hall–Kier alpha value is -1.16. The lowest BCUT2D eigenvalue weighted by atomic mass is 10.1. The van der Waals surface area contributed by atoms with Crippen LogP contribution in [-0.2, 0) is 0 Å². The maximum absolute atomic E-state index is 12.5. The van der Waals surface area contributed by atoms with Crippen LogP contribution >= 0.6 is 0 Å². The molecule has 1 aliphatic rings. The van der Waals surface area contributed by atoms with Gasteiger partial charge in [-0.1, -0.05) is 0 Å². The number of halogens is 1. The molecule has 2 rings (SSSR count). The van der Waals surface area contributed by atoms with Gasteiger partial charge in [-0.25, -0.2) is 4.98 Å². The molecule has 3 nitrogen and oxygen atoms in total. The van der Waals surface area contributed by atoms with Gasteiger partial charge in [0.25, 0.3) is 0 Å². The second-order valence-electron chi connectivity index (χ2n) is 3.55. The van der Waals surface area contributed by atoms with Crippen LogP contribution in [0, 0.1) is 5.95 Å². The van der Waals surface area contributed by atoms with Crippen LogP contribution in [0.25, 0.3) is 0 Å². The maximum atomic E-state index is 12.5. The summed E-state index contributed by atoms with van der Waals surface area (Å²) in [6, 6.07) is 3.40. The van der Waals surface area contributed by atoms with E-state index in [-0.39, 0.29) is 0 Å². The van der Waals surface area contributed by atoms with Gasteiger partial charge in [-0.05, 0) is 32.1 Å². The molecule has 2 heterocycles. The Morgan fingerprint density at radius 2 is 2.50 bits per heavy atom. The monoisotopic (exact) mass is 196 g/mol. The summed E-state index contributed by atoms with van der Waals surface area (Å²) in [6.07, 6.45) is 2.58. The lowest BCUT2D eigenvalue weighted by molar-refractivity contribution is 0.0767. The van der Waals surface area contributed by atoms with Gasteiger partial charge >= 0.3 is 0 Å². The molecule has 0 N–H and O–H groups in total. The van der Waals surface area contributed by atoms with E-state index in [0.717, 1.165) is 6.54 Å². The standard InChI is InChI=1S/C10H13FN2O/c1-13-5-4-8(13)7-14-9-2-3-10(11)12-6-9/h2-3,6,8H,4-5,7H2,1H3/t8-/m1/s1. The van der Waals surface area contributed by atoms with Gasteiger partial charge in [0.2, 0.25) is 5.95 Å². The quantitative estimate of drug-likeness (QED) is 0.681. The van der Waals surface area contributed by atoms with Crippen LogP contribution in [-0.4, -0.2) is 36.1 Å². The molecular weight excluding hydrogens is 183 g/mol.